The van der Waals surface area contributed by atoms with Gasteiger partial charge in [0.1, 0.15) is 17.2 Å². The third-order valence-electron chi connectivity index (χ3n) is 4.07. The normalized spacial score (nSPS) is 18.4. The molecule has 1 aliphatic rings. The monoisotopic (exact) mass is 399 g/mol. The number of furan rings is 1. The van der Waals surface area contributed by atoms with Crippen LogP contribution in [0.3, 0.4) is 0 Å². The van der Waals surface area contributed by atoms with Gasteiger partial charge in [0.05, 0.1) is 17.9 Å². The number of nitrogens with one attached hydrogen (secondary N) is 1. The summed E-state index contributed by atoms with van der Waals surface area (Å²) >= 11 is 1.40. The number of anilines is 1. The molecule has 0 bridgehead atoms. The Labute approximate surface area is 165 Å². The average Bonchev–Trinajstić information content (AvgIpc) is 3.36. The van der Waals surface area contributed by atoms with Crippen LogP contribution >= 0.6 is 11.8 Å². The van der Waals surface area contributed by atoms with Crippen LogP contribution in [0, 0.1) is 11.3 Å². The summed E-state index contributed by atoms with van der Waals surface area (Å²) < 4.78 is 10.5. The Bertz CT molecular complexity index is 905. The van der Waals surface area contributed by atoms with Crippen molar-refractivity contribution in [2.75, 3.05) is 17.7 Å². The van der Waals surface area contributed by atoms with E-state index in [1.807, 2.05) is 6.07 Å². The third-order valence-corrected chi connectivity index (χ3v) is 5.35. The highest BCUT2D eigenvalue weighted by Crippen LogP contribution is 2.41. The smallest absolute Gasteiger partial charge is 0.330 e. The fourth-order valence-electron chi connectivity index (χ4n) is 2.78. The summed E-state index contributed by atoms with van der Waals surface area (Å²) in [6.07, 6.45) is 1.51. The van der Waals surface area contributed by atoms with E-state index in [1.54, 1.807) is 36.4 Å². The molecule has 0 unspecified atom stereocenters. The molecule has 8 nitrogen and oxygen atoms in total. The first-order chi connectivity index (χ1) is 13.5. The molecule has 3 rings (SSSR count). The molecule has 1 N–H and O–H groups in total. The standard InChI is InChI=1S/C19H17N3O5S/c1-12(23)22-15(11-28-18(22)16-3-2-8-26-16)19(25)27-10-17(24)21-14-6-4-13(9-20)5-7-14/h2-8,15,18H,10-11H2,1H3,(H,21,24)/t15-,18-/m0/s1. The molecule has 2 amide bonds. The Kier molecular flexibility index (Phi) is 6.01. The third kappa shape index (κ3) is 4.35. The second-order valence-corrected chi connectivity index (χ2v) is 7.10. The maximum Gasteiger partial charge on any atom is 0.330 e. The highest BCUT2D eigenvalue weighted by Gasteiger charge is 2.43. The van der Waals surface area contributed by atoms with Gasteiger partial charge in [-0.25, -0.2) is 4.79 Å². The van der Waals surface area contributed by atoms with Crippen LogP contribution in [0.4, 0.5) is 5.69 Å². The maximum atomic E-state index is 12.4. The number of rotatable bonds is 5. The second kappa shape index (κ2) is 8.63. The van der Waals surface area contributed by atoms with E-state index in [-0.39, 0.29) is 5.91 Å². The van der Waals surface area contributed by atoms with Crippen LogP contribution in [0.2, 0.25) is 0 Å². The number of carbonyl (C=O) groups is 3. The Morgan fingerprint density at radius 3 is 2.68 bits per heavy atom. The fourth-order valence-corrected chi connectivity index (χ4v) is 4.20. The molecule has 1 aromatic carbocycles. The lowest BCUT2D eigenvalue weighted by atomic mass is 10.2. The number of thioether (sulfide) groups is 1. The first kappa shape index (κ1) is 19.5. The molecule has 1 aliphatic heterocycles. The first-order valence-electron chi connectivity index (χ1n) is 8.40. The zero-order valence-corrected chi connectivity index (χ0v) is 15.8. The number of esters is 1. The quantitative estimate of drug-likeness (QED) is 0.768. The van der Waals surface area contributed by atoms with Gasteiger partial charge in [-0.1, -0.05) is 0 Å². The van der Waals surface area contributed by atoms with Crippen molar-refractivity contribution in [3.63, 3.8) is 0 Å². The molecule has 0 radical (unpaired) electrons. The van der Waals surface area contributed by atoms with Crippen LogP contribution in [0.25, 0.3) is 0 Å². The SMILES string of the molecule is CC(=O)N1[C@H](C(=O)OCC(=O)Nc2ccc(C#N)cc2)CS[C@H]1c1ccco1. The van der Waals surface area contributed by atoms with Gasteiger partial charge in [0, 0.05) is 18.4 Å². The first-order valence-corrected chi connectivity index (χ1v) is 9.45. The zero-order chi connectivity index (χ0) is 20.1. The zero-order valence-electron chi connectivity index (χ0n) is 15.0. The Hall–Kier alpha value is -3.25. The molecule has 144 valence electrons. The minimum Gasteiger partial charge on any atom is -0.466 e. The van der Waals surface area contributed by atoms with Crippen LogP contribution in [0.1, 0.15) is 23.6 Å². The maximum absolute atomic E-state index is 12.4. The van der Waals surface area contributed by atoms with Gasteiger partial charge in [0.15, 0.2) is 6.61 Å². The predicted octanol–water partition coefficient (Wildman–Crippen LogP) is 2.30. The predicted molar refractivity (Wildman–Crippen MR) is 101 cm³/mol. The molecule has 9 heteroatoms. The van der Waals surface area contributed by atoms with E-state index in [1.165, 1.54) is 29.8 Å². The van der Waals surface area contributed by atoms with Gasteiger partial charge in [-0.05, 0) is 36.4 Å². The van der Waals surface area contributed by atoms with Crippen molar-refractivity contribution in [2.24, 2.45) is 0 Å². The van der Waals surface area contributed by atoms with E-state index in [9.17, 15) is 14.4 Å². The van der Waals surface area contributed by atoms with Crippen molar-refractivity contribution in [1.82, 2.24) is 4.90 Å². The summed E-state index contributed by atoms with van der Waals surface area (Å²) in [5.41, 5.74) is 0.957. The molecule has 28 heavy (non-hydrogen) atoms. The molecular formula is C19H17N3O5S. The average molecular weight is 399 g/mol. The van der Waals surface area contributed by atoms with Crippen LogP contribution in [0.5, 0.6) is 0 Å². The van der Waals surface area contributed by atoms with Gasteiger partial charge >= 0.3 is 5.97 Å². The highest BCUT2D eigenvalue weighted by atomic mass is 32.2. The largest absolute Gasteiger partial charge is 0.466 e. The summed E-state index contributed by atoms with van der Waals surface area (Å²) in [6.45, 7) is 0.900. The van der Waals surface area contributed by atoms with Crippen LogP contribution in [-0.2, 0) is 19.1 Å². The van der Waals surface area contributed by atoms with Crippen molar-refractivity contribution in [3.05, 3.63) is 54.0 Å². The van der Waals surface area contributed by atoms with E-state index in [0.717, 1.165) is 0 Å². The number of benzene rings is 1. The van der Waals surface area contributed by atoms with E-state index in [0.29, 0.717) is 22.8 Å². The molecule has 1 aromatic heterocycles. The van der Waals surface area contributed by atoms with E-state index in [2.05, 4.69) is 5.32 Å². The van der Waals surface area contributed by atoms with Crippen LogP contribution in [-0.4, -0.2) is 41.1 Å². The Balaban J connectivity index is 1.57. The van der Waals surface area contributed by atoms with Crippen molar-refractivity contribution in [3.8, 4) is 6.07 Å². The summed E-state index contributed by atoms with van der Waals surface area (Å²) in [6, 6.07) is 10.9. The van der Waals surface area contributed by atoms with Gasteiger partial charge in [0.2, 0.25) is 5.91 Å². The van der Waals surface area contributed by atoms with E-state index in [4.69, 9.17) is 14.4 Å². The number of hydrogen-bond donors (Lipinski definition) is 1. The van der Waals surface area contributed by atoms with Gasteiger partial charge in [-0.2, -0.15) is 5.26 Å². The summed E-state index contributed by atoms with van der Waals surface area (Å²) in [5.74, 6) is -0.516. The molecule has 1 saturated heterocycles. The fraction of sp³-hybridized carbons (Fsp3) is 0.263. The van der Waals surface area contributed by atoms with Gasteiger partial charge in [0.25, 0.3) is 5.91 Å². The summed E-state index contributed by atoms with van der Waals surface area (Å²) in [7, 11) is 0. The lowest BCUT2D eigenvalue weighted by molar-refractivity contribution is -0.155. The van der Waals surface area contributed by atoms with Crippen molar-refractivity contribution in [1.29, 1.82) is 5.26 Å². The Morgan fingerprint density at radius 2 is 2.07 bits per heavy atom. The van der Waals surface area contributed by atoms with Crippen molar-refractivity contribution in [2.45, 2.75) is 18.3 Å². The Morgan fingerprint density at radius 1 is 1.32 bits per heavy atom. The number of ether oxygens (including phenoxy) is 1. The summed E-state index contributed by atoms with van der Waals surface area (Å²) in [4.78, 5) is 37.9. The van der Waals surface area contributed by atoms with Crippen LogP contribution < -0.4 is 5.32 Å². The number of hydrogen-bond acceptors (Lipinski definition) is 7. The van der Waals surface area contributed by atoms with E-state index < -0.39 is 29.9 Å². The second-order valence-electron chi connectivity index (χ2n) is 5.99. The number of nitriles is 1. The minimum atomic E-state index is -0.791. The van der Waals surface area contributed by atoms with Gasteiger partial charge < -0.3 is 19.4 Å². The van der Waals surface area contributed by atoms with Crippen molar-refractivity contribution >= 4 is 35.2 Å². The lowest BCUT2D eigenvalue weighted by Crippen LogP contribution is -2.43. The van der Waals surface area contributed by atoms with E-state index >= 15 is 0 Å². The summed E-state index contributed by atoms with van der Waals surface area (Å²) in [5, 5.41) is 10.9. The molecule has 0 saturated carbocycles. The van der Waals surface area contributed by atoms with Gasteiger partial charge in [-0.3, -0.25) is 9.59 Å². The minimum absolute atomic E-state index is 0.282. The number of amides is 2. The van der Waals surface area contributed by atoms with Gasteiger partial charge in [-0.15, -0.1) is 11.8 Å². The number of carbonyl (C=O) groups excluding carboxylic acids is 3. The molecule has 2 atom stereocenters. The molecule has 0 aliphatic carbocycles. The molecule has 2 heterocycles. The molecule has 1 fully saturated rings. The number of nitrogens with zero attached hydrogens (tertiary/aromatic N) is 2. The molecular weight excluding hydrogens is 382 g/mol. The lowest BCUT2D eigenvalue weighted by Gasteiger charge is -2.25. The molecule has 0 spiro atoms. The highest BCUT2D eigenvalue weighted by molar-refractivity contribution is 7.99. The van der Waals surface area contributed by atoms with Crippen molar-refractivity contribution < 1.29 is 23.5 Å². The van der Waals surface area contributed by atoms with Crippen LogP contribution in [0.15, 0.2) is 47.1 Å². The topological polar surface area (TPSA) is 113 Å². The molecule has 2 aromatic rings.